The molecule has 2 fully saturated rings. The minimum absolute atomic E-state index is 0.00871. The van der Waals surface area contributed by atoms with Crippen molar-refractivity contribution in [1.82, 2.24) is 20.3 Å². The number of benzene rings is 3. The summed E-state index contributed by atoms with van der Waals surface area (Å²) in [7, 11) is 1.56. The second-order valence-electron chi connectivity index (χ2n) is 14.7. The van der Waals surface area contributed by atoms with Crippen LogP contribution in [0, 0.1) is 17.6 Å². The van der Waals surface area contributed by atoms with E-state index in [0.717, 1.165) is 30.5 Å². The predicted octanol–water partition coefficient (Wildman–Crippen LogP) is 8.96. The molecule has 286 valence electrons. The van der Waals surface area contributed by atoms with Gasteiger partial charge in [-0.15, -0.1) is 0 Å². The first kappa shape index (κ1) is 39.0. The van der Waals surface area contributed by atoms with Gasteiger partial charge in [-0.3, -0.25) is 9.59 Å². The molecule has 3 amide bonds. The lowest BCUT2D eigenvalue weighted by atomic mass is 9.79. The van der Waals surface area contributed by atoms with E-state index >= 15 is 0 Å². The Labute approximate surface area is 322 Å². The first-order chi connectivity index (χ1) is 25.6. The number of hydrogen-bond acceptors (Lipinski definition) is 7. The van der Waals surface area contributed by atoms with Crippen LogP contribution >= 0.6 is 23.2 Å². The summed E-state index contributed by atoms with van der Waals surface area (Å²) in [6, 6.07) is 15.3. The van der Waals surface area contributed by atoms with E-state index in [0.29, 0.717) is 34.9 Å². The molecule has 10 nitrogen and oxygen atoms in total. The predicted molar refractivity (Wildman–Crippen MR) is 199 cm³/mol. The first-order valence-corrected chi connectivity index (χ1v) is 18.5. The molecule has 0 bridgehead atoms. The average molecular weight is 784 g/mol. The molecule has 0 radical (unpaired) electrons. The molecule has 2 heterocycles. The quantitative estimate of drug-likeness (QED) is 0.160. The molecule has 1 unspecified atom stereocenters. The summed E-state index contributed by atoms with van der Waals surface area (Å²) in [6.07, 6.45) is 1.70. The Bertz CT molecular complexity index is 2030. The standard InChI is InChI=1S/C40H42Cl2F2N4O6/c1-22(29-18-24(37(49)45-5)8-13-31(29)41)48(25-9-10-25)38(50)30-20-47(39(51)53-40(2,3)4)17-16-28(30)23-6-11-26(12-7-23)52-21-27-19-34(46-54-27)35-32(43)14-15-33(44)36(35)42/h6-8,11-15,18-19,22,25,28,30H,9-10,16-17,20-21H2,1-5H3,(H,45,49)/t22?,28-,30+/m1/s1. The van der Waals surface area contributed by atoms with E-state index in [1.54, 1.807) is 63.1 Å². The van der Waals surface area contributed by atoms with Gasteiger partial charge in [0, 0.05) is 42.8 Å². The van der Waals surface area contributed by atoms with Crippen molar-refractivity contribution in [3.63, 3.8) is 0 Å². The molecule has 3 aromatic carbocycles. The molecule has 54 heavy (non-hydrogen) atoms. The van der Waals surface area contributed by atoms with Gasteiger partial charge in [0.25, 0.3) is 5.91 Å². The number of rotatable bonds is 10. The highest BCUT2D eigenvalue weighted by atomic mass is 35.5. The number of amides is 3. The van der Waals surface area contributed by atoms with Crippen molar-refractivity contribution >= 4 is 41.1 Å². The second-order valence-corrected chi connectivity index (χ2v) is 15.4. The first-order valence-electron chi connectivity index (χ1n) is 17.8. The fourth-order valence-corrected chi connectivity index (χ4v) is 7.38. The smallest absolute Gasteiger partial charge is 0.410 e. The fraction of sp³-hybridized carbons (Fsp3) is 0.400. The van der Waals surface area contributed by atoms with E-state index in [9.17, 15) is 23.2 Å². The normalized spacial score (nSPS) is 17.8. The molecular formula is C40H42Cl2F2N4O6. The molecule has 1 N–H and O–H groups in total. The van der Waals surface area contributed by atoms with Gasteiger partial charge in [0.15, 0.2) is 5.76 Å². The van der Waals surface area contributed by atoms with Crippen molar-refractivity contribution in [3.8, 4) is 17.0 Å². The van der Waals surface area contributed by atoms with Gasteiger partial charge in [-0.2, -0.15) is 0 Å². The van der Waals surface area contributed by atoms with Crippen LogP contribution in [0.3, 0.4) is 0 Å². The Kier molecular flexibility index (Phi) is 11.5. The van der Waals surface area contributed by atoms with E-state index in [-0.39, 0.29) is 53.9 Å². The number of likely N-dealkylation sites (tertiary alicyclic amines) is 1. The number of piperidine rings is 1. The summed E-state index contributed by atoms with van der Waals surface area (Å²) >= 11 is 12.7. The molecule has 6 rings (SSSR count). The van der Waals surface area contributed by atoms with Crippen LogP contribution in [0.5, 0.6) is 5.75 Å². The van der Waals surface area contributed by atoms with Crippen molar-refractivity contribution in [2.75, 3.05) is 20.1 Å². The Morgan fingerprint density at radius 3 is 2.39 bits per heavy atom. The van der Waals surface area contributed by atoms with Gasteiger partial charge in [0.1, 0.15) is 35.3 Å². The average Bonchev–Trinajstić information content (AvgIpc) is 3.87. The Balaban J connectivity index is 1.23. The summed E-state index contributed by atoms with van der Waals surface area (Å²) < 4.78 is 45.3. The maximum Gasteiger partial charge on any atom is 0.410 e. The number of hydrogen-bond donors (Lipinski definition) is 1. The van der Waals surface area contributed by atoms with E-state index < -0.39 is 40.3 Å². The van der Waals surface area contributed by atoms with Gasteiger partial charge >= 0.3 is 6.09 Å². The number of nitrogens with zero attached hydrogens (tertiary/aromatic N) is 3. The zero-order chi connectivity index (χ0) is 38.9. The highest BCUT2D eigenvalue weighted by Crippen LogP contribution is 2.42. The number of nitrogens with one attached hydrogen (secondary N) is 1. The Morgan fingerprint density at radius 2 is 1.72 bits per heavy atom. The van der Waals surface area contributed by atoms with Crippen molar-refractivity contribution in [2.45, 2.75) is 77.2 Å². The van der Waals surface area contributed by atoms with Crippen LogP contribution < -0.4 is 10.1 Å². The van der Waals surface area contributed by atoms with Crippen LogP contribution in [0.1, 0.15) is 86.2 Å². The van der Waals surface area contributed by atoms with E-state index in [1.165, 1.54) is 6.07 Å². The van der Waals surface area contributed by atoms with Crippen molar-refractivity contribution in [3.05, 3.63) is 105 Å². The molecule has 1 saturated carbocycles. The Hall–Kier alpha value is -4.68. The highest BCUT2D eigenvalue weighted by molar-refractivity contribution is 6.33. The van der Waals surface area contributed by atoms with Crippen molar-refractivity contribution in [1.29, 1.82) is 0 Å². The van der Waals surface area contributed by atoms with Crippen LogP contribution in [-0.2, 0) is 16.1 Å². The van der Waals surface area contributed by atoms with Gasteiger partial charge in [0.2, 0.25) is 5.91 Å². The Morgan fingerprint density at radius 1 is 1.02 bits per heavy atom. The van der Waals surface area contributed by atoms with E-state index in [2.05, 4.69) is 10.5 Å². The molecule has 0 spiro atoms. The summed E-state index contributed by atoms with van der Waals surface area (Å²) in [5, 5.41) is 6.53. The molecule has 3 atom stereocenters. The van der Waals surface area contributed by atoms with Crippen LogP contribution in [0.4, 0.5) is 13.6 Å². The van der Waals surface area contributed by atoms with Gasteiger partial charge in [-0.1, -0.05) is 40.5 Å². The third kappa shape index (κ3) is 8.65. The largest absolute Gasteiger partial charge is 0.486 e. The van der Waals surface area contributed by atoms with Crippen LogP contribution in [-0.4, -0.2) is 64.6 Å². The van der Waals surface area contributed by atoms with Crippen molar-refractivity contribution in [2.24, 2.45) is 5.92 Å². The summed E-state index contributed by atoms with van der Waals surface area (Å²) in [5.41, 5.74) is 1.13. The summed E-state index contributed by atoms with van der Waals surface area (Å²) in [6.45, 7) is 7.83. The maximum absolute atomic E-state index is 14.8. The number of halogens is 4. The molecule has 1 aromatic heterocycles. The SMILES string of the molecule is CNC(=O)c1ccc(Cl)c(C(C)N(C(=O)[C@H]2CN(C(=O)OC(C)(C)C)CC[C@@H]2c2ccc(OCc3cc(-c4c(F)ccc(F)c4Cl)no3)cc2)C2CC2)c1. The van der Waals surface area contributed by atoms with E-state index in [1.807, 2.05) is 24.0 Å². The monoisotopic (exact) mass is 782 g/mol. The minimum Gasteiger partial charge on any atom is -0.486 e. The zero-order valence-corrected chi connectivity index (χ0v) is 32.1. The number of carbonyl (C=O) groups excluding carboxylic acids is 3. The van der Waals surface area contributed by atoms with E-state index in [4.69, 9.17) is 37.2 Å². The summed E-state index contributed by atoms with van der Waals surface area (Å²) in [4.78, 5) is 44.1. The molecule has 1 aliphatic heterocycles. The lowest BCUT2D eigenvalue weighted by Crippen LogP contribution is -2.51. The molecular weight excluding hydrogens is 741 g/mol. The number of carbonyl (C=O) groups is 3. The van der Waals surface area contributed by atoms with Gasteiger partial charge in [0.05, 0.1) is 22.5 Å². The maximum atomic E-state index is 14.8. The molecule has 1 saturated heterocycles. The molecule has 1 aliphatic carbocycles. The lowest BCUT2D eigenvalue weighted by Gasteiger charge is -2.42. The molecule has 4 aromatic rings. The zero-order valence-electron chi connectivity index (χ0n) is 30.6. The fourth-order valence-electron chi connectivity index (χ4n) is 6.85. The van der Waals surface area contributed by atoms with Crippen molar-refractivity contribution < 1.29 is 37.2 Å². The molecule has 14 heteroatoms. The topological polar surface area (TPSA) is 114 Å². The van der Waals surface area contributed by atoms with Crippen LogP contribution in [0.15, 0.2) is 65.2 Å². The van der Waals surface area contributed by atoms with Crippen LogP contribution in [0.25, 0.3) is 11.3 Å². The molecule has 2 aliphatic rings. The highest BCUT2D eigenvalue weighted by Gasteiger charge is 2.45. The number of aromatic nitrogens is 1. The third-order valence-corrected chi connectivity index (χ3v) is 10.4. The lowest BCUT2D eigenvalue weighted by molar-refractivity contribution is -0.141. The third-order valence-electron chi connectivity index (χ3n) is 9.68. The van der Waals surface area contributed by atoms with Gasteiger partial charge in [-0.05, 0) is 106 Å². The van der Waals surface area contributed by atoms with Gasteiger partial charge < -0.3 is 29.1 Å². The minimum atomic E-state index is -0.778. The second kappa shape index (κ2) is 16.0. The van der Waals surface area contributed by atoms with Crippen LogP contribution in [0.2, 0.25) is 10.0 Å². The summed E-state index contributed by atoms with van der Waals surface area (Å²) in [5.74, 6) is -1.96. The number of ether oxygens (including phenoxy) is 2. The van der Waals surface area contributed by atoms with Gasteiger partial charge in [-0.25, -0.2) is 13.6 Å².